The number of para-hydroxylation sites is 1. The van der Waals surface area contributed by atoms with Gasteiger partial charge in [0.15, 0.2) is 0 Å². The molecule has 0 aliphatic heterocycles. The summed E-state index contributed by atoms with van der Waals surface area (Å²) in [6.45, 7) is 6.99. The highest BCUT2D eigenvalue weighted by atomic mass is 32.1. The van der Waals surface area contributed by atoms with Crippen LogP contribution in [0.4, 0.5) is 0 Å². The second-order valence-electron chi connectivity index (χ2n) is 7.15. The van der Waals surface area contributed by atoms with Crippen molar-refractivity contribution in [3.05, 3.63) is 57.5 Å². The van der Waals surface area contributed by atoms with Crippen LogP contribution in [0.3, 0.4) is 0 Å². The fourth-order valence-corrected chi connectivity index (χ4v) is 3.96. The molecule has 0 N–H and O–H groups in total. The van der Waals surface area contributed by atoms with Crippen LogP contribution in [0.25, 0.3) is 10.2 Å². The summed E-state index contributed by atoms with van der Waals surface area (Å²) in [5.74, 6) is -0.383. The Kier molecular flexibility index (Phi) is 7.06. The molecule has 9 heteroatoms. The van der Waals surface area contributed by atoms with E-state index in [0.29, 0.717) is 26.4 Å². The molecule has 0 aliphatic carbocycles. The largest absolute Gasteiger partial charge is 0.490 e. The molecule has 0 radical (unpaired) electrons. The van der Waals surface area contributed by atoms with Crippen LogP contribution in [0.15, 0.2) is 41.5 Å². The zero-order valence-electron chi connectivity index (χ0n) is 17.8. The number of ether oxygens (including phenoxy) is 3. The van der Waals surface area contributed by atoms with E-state index in [2.05, 4.69) is 4.98 Å². The number of aromatic nitrogens is 2. The van der Waals surface area contributed by atoms with E-state index < -0.39 is 23.5 Å². The molecule has 1 aromatic carbocycles. The summed E-state index contributed by atoms with van der Waals surface area (Å²) in [6.07, 6.45) is 1.01. The van der Waals surface area contributed by atoms with Crippen molar-refractivity contribution in [1.82, 2.24) is 9.55 Å². The van der Waals surface area contributed by atoms with Crippen LogP contribution in [0.5, 0.6) is 5.75 Å². The molecule has 31 heavy (non-hydrogen) atoms. The van der Waals surface area contributed by atoms with Crippen LogP contribution in [-0.4, -0.2) is 40.8 Å². The number of carbonyl (C=O) groups is 2. The van der Waals surface area contributed by atoms with Gasteiger partial charge in [-0.15, -0.1) is 11.3 Å². The molecule has 0 saturated carbocycles. The molecule has 0 amide bonds. The van der Waals surface area contributed by atoms with E-state index in [0.717, 1.165) is 11.3 Å². The molecule has 0 fully saturated rings. The van der Waals surface area contributed by atoms with E-state index in [1.807, 2.05) is 30.3 Å². The number of aryl methyl sites for hydroxylation is 1. The summed E-state index contributed by atoms with van der Waals surface area (Å²) in [5, 5.41) is 0.296. The minimum absolute atomic E-state index is 0.0666. The fourth-order valence-electron chi connectivity index (χ4n) is 2.93. The number of hydrogen-bond donors (Lipinski definition) is 0. The maximum Gasteiger partial charge on any atom is 0.348 e. The molecule has 3 rings (SSSR count). The van der Waals surface area contributed by atoms with Crippen molar-refractivity contribution >= 4 is 33.5 Å². The number of rotatable bonds is 8. The molecule has 8 nitrogen and oxygen atoms in total. The molecular weight excluding hydrogens is 420 g/mol. The summed E-state index contributed by atoms with van der Waals surface area (Å²) >= 11 is 1.08. The molecule has 1 atom stereocenters. The van der Waals surface area contributed by atoms with Crippen molar-refractivity contribution in [3.63, 3.8) is 0 Å². The van der Waals surface area contributed by atoms with Crippen LogP contribution in [0.1, 0.15) is 42.0 Å². The first-order valence-corrected chi connectivity index (χ1v) is 10.7. The first-order valence-electron chi connectivity index (χ1n) is 9.85. The molecule has 1 unspecified atom stereocenters. The Labute approximate surface area is 183 Å². The van der Waals surface area contributed by atoms with Gasteiger partial charge in [0.25, 0.3) is 5.56 Å². The standard InChI is InChI=1S/C22H24N2O6S/c1-13(2)30-21(26)15(4)24-12-23-19-17(20(24)25)14(3)18(31-19)22(27)29-11-10-28-16-8-6-5-7-9-16/h5-9,12-13,15H,10-11H2,1-4H3. The van der Waals surface area contributed by atoms with Crippen LogP contribution in [-0.2, 0) is 14.3 Å². The van der Waals surface area contributed by atoms with E-state index in [1.165, 1.54) is 10.9 Å². The Balaban J connectivity index is 1.74. The second kappa shape index (κ2) is 9.74. The number of carbonyl (C=O) groups excluding carboxylic acids is 2. The highest BCUT2D eigenvalue weighted by Crippen LogP contribution is 2.28. The van der Waals surface area contributed by atoms with Gasteiger partial charge in [-0.05, 0) is 45.4 Å². The van der Waals surface area contributed by atoms with Gasteiger partial charge in [-0.1, -0.05) is 18.2 Å². The summed E-state index contributed by atoms with van der Waals surface area (Å²) < 4.78 is 17.2. The monoisotopic (exact) mass is 444 g/mol. The van der Waals surface area contributed by atoms with E-state index in [4.69, 9.17) is 14.2 Å². The van der Waals surface area contributed by atoms with Crippen LogP contribution in [0, 0.1) is 6.92 Å². The lowest BCUT2D eigenvalue weighted by molar-refractivity contribution is -0.151. The van der Waals surface area contributed by atoms with E-state index >= 15 is 0 Å². The van der Waals surface area contributed by atoms with Crippen molar-refractivity contribution in [1.29, 1.82) is 0 Å². The fraction of sp³-hybridized carbons (Fsp3) is 0.364. The van der Waals surface area contributed by atoms with Gasteiger partial charge >= 0.3 is 11.9 Å². The van der Waals surface area contributed by atoms with Crippen molar-refractivity contribution < 1.29 is 23.8 Å². The number of fused-ring (bicyclic) bond motifs is 1. The van der Waals surface area contributed by atoms with E-state index in [9.17, 15) is 14.4 Å². The van der Waals surface area contributed by atoms with E-state index in [1.54, 1.807) is 27.7 Å². The molecule has 0 aliphatic rings. The highest BCUT2D eigenvalue weighted by Gasteiger charge is 2.24. The Morgan fingerprint density at radius 3 is 2.52 bits per heavy atom. The summed E-state index contributed by atoms with van der Waals surface area (Å²) in [4.78, 5) is 42.7. The van der Waals surface area contributed by atoms with Crippen molar-refractivity contribution in [3.8, 4) is 5.75 Å². The van der Waals surface area contributed by atoms with Crippen LogP contribution in [0.2, 0.25) is 0 Å². The van der Waals surface area contributed by atoms with Crippen LogP contribution >= 0.6 is 11.3 Å². The minimum Gasteiger partial charge on any atom is -0.490 e. The number of nitrogens with zero attached hydrogens (tertiary/aromatic N) is 2. The van der Waals surface area contributed by atoms with Crippen molar-refractivity contribution in [2.24, 2.45) is 0 Å². The van der Waals surface area contributed by atoms with Gasteiger partial charge in [0.2, 0.25) is 0 Å². The van der Waals surface area contributed by atoms with Gasteiger partial charge in [0.05, 0.1) is 17.8 Å². The molecule has 164 valence electrons. The van der Waals surface area contributed by atoms with Gasteiger partial charge in [0.1, 0.15) is 34.7 Å². The molecule has 0 bridgehead atoms. The Bertz CT molecular complexity index is 1140. The maximum atomic E-state index is 13.0. The topological polar surface area (TPSA) is 96.7 Å². The number of hydrogen-bond acceptors (Lipinski definition) is 8. The Morgan fingerprint density at radius 1 is 1.13 bits per heavy atom. The molecule has 0 spiro atoms. The normalized spacial score (nSPS) is 12.0. The Morgan fingerprint density at radius 2 is 1.84 bits per heavy atom. The predicted octanol–water partition coefficient (Wildman–Crippen LogP) is 3.51. The molecular formula is C22H24N2O6S. The van der Waals surface area contributed by atoms with Gasteiger partial charge < -0.3 is 14.2 Å². The zero-order valence-corrected chi connectivity index (χ0v) is 18.6. The molecule has 0 saturated heterocycles. The maximum absolute atomic E-state index is 13.0. The number of benzene rings is 1. The number of thiophene rings is 1. The zero-order chi connectivity index (χ0) is 22.5. The quantitative estimate of drug-likeness (QED) is 0.387. The predicted molar refractivity (Wildman–Crippen MR) is 117 cm³/mol. The highest BCUT2D eigenvalue weighted by molar-refractivity contribution is 7.20. The van der Waals surface area contributed by atoms with Gasteiger partial charge in [0, 0.05) is 0 Å². The minimum atomic E-state index is -0.836. The van der Waals surface area contributed by atoms with E-state index in [-0.39, 0.29) is 19.3 Å². The summed E-state index contributed by atoms with van der Waals surface area (Å²) in [5.41, 5.74) is 0.0728. The molecule has 3 aromatic rings. The third-order valence-electron chi connectivity index (χ3n) is 4.50. The molecule has 2 heterocycles. The second-order valence-corrected chi connectivity index (χ2v) is 8.15. The summed E-state index contributed by atoms with van der Waals surface area (Å²) in [6, 6.07) is 8.37. The summed E-state index contributed by atoms with van der Waals surface area (Å²) in [7, 11) is 0. The number of esters is 2. The molecule has 2 aromatic heterocycles. The SMILES string of the molecule is Cc1c(C(=O)OCCOc2ccccc2)sc2ncn(C(C)C(=O)OC(C)C)c(=O)c12. The van der Waals surface area contributed by atoms with Crippen molar-refractivity contribution in [2.75, 3.05) is 13.2 Å². The van der Waals surface area contributed by atoms with Crippen LogP contribution < -0.4 is 10.3 Å². The average Bonchev–Trinajstić information content (AvgIpc) is 3.08. The Hall–Kier alpha value is -3.20. The average molecular weight is 445 g/mol. The third kappa shape index (κ3) is 5.11. The van der Waals surface area contributed by atoms with Gasteiger partial charge in [-0.25, -0.2) is 14.6 Å². The smallest absolute Gasteiger partial charge is 0.348 e. The first kappa shape index (κ1) is 22.5. The lowest BCUT2D eigenvalue weighted by Gasteiger charge is -2.15. The lowest BCUT2D eigenvalue weighted by Crippen LogP contribution is -2.30. The van der Waals surface area contributed by atoms with Crippen molar-refractivity contribution in [2.45, 2.75) is 39.8 Å². The third-order valence-corrected chi connectivity index (χ3v) is 5.68. The van der Waals surface area contributed by atoms with Gasteiger partial charge in [-0.2, -0.15) is 0 Å². The van der Waals surface area contributed by atoms with Gasteiger partial charge in [-0.3, -0.25) is 9.36 Å². The lowest BCUT2D eigenvalue weighted by atomic mass is 10.2. The first-order chi connectivity index (χ1) is 14.8.